The van der Waals surface area contributed by atoms with Crippen LogP contribution < -0.4 is 11.1 Å². The van der Waals surface area contributed by atoms with Crippen LogP contribution in [0.2, 0.25) is 0 Å². The minimum atomic E-state index is -0.575. The maximum absolute atomic E-state index is 11.0. The minimum Gasteiger partial charge on any atom is -0.445 e. The Balaban J connectivity index is 2.26. The Hall–Kier alpha value is -2.04. The molecule has 0 spiro atoms. The van der Waals surface area contributed by atoms with Crippen LogP contribution in [0.5, 0.6) is 0 Å². The molecule has 5 heteroatoms. The lowest BCUT2D eigenvalue weighted by molar-refractivity contribution is 0.141. The molecule has 0 heterocycles. The second-order valence-corrected chi connectivity index (χ2v) is 2.94. The number of nitrogens with two attached hydrogens (primary N) is 1. The van der Waals surface area contributed by atoms with E-state index in [0.717, 1.165) is 5.56 Å². The number of ether oxygens (including phenoxy) is 1. The zero-order chi connectivity index (χ0) is 11.1. The molecule has 0 unspecified atom stereocenters. The highest BCUT2D eigenvalue weighted by Crippen LogP contribution is 2.00. The van der Waals surface area contributed by atoms with Crippen LogP contribution >= 0.6 is 0 Å². The number of amides is 1. The summed E-state index contributed by atoms with van der Waals surface area (Å²) in [5.74, 6) is -0.105. The van der Waals surface area contributed by atoms with Gasteiger partial charge < -0.3 is 15.8 Å². The largest absolute Gasteiger partial charge is 0.445 e. The van der Waals surface area contributed by atoms with E-state index in [2.05, 4.69) is 5.32 Å². The van der Waals surface area contributed by atoms with Gasteiger partial charge in [-0.3, -0.25) is 5.41 Å². The van der Waals surface area contributed by atoms with Crippen LogP contribution in [-0.2, 0) is 11.3 Å². The fourth-order valence-electron chi connectivity index (χ4n) is 0.942. The van der Waals surface area contributed by atoms with Crippen molar-refractivity contribution < 1.29 is 9.53 Å². The summed E-state index contributed by atoms with van der Waals surface area (Å²) in [4.78, 5) is 11.0. The number of nitrogens with one attached hydrogen (secondary N) is 2. The topological polar surface area (TPSA) is 88.2 Å². The number of carbonyl (C=O) groups excluding carboxylic acids is 1. The fourth-order valence-corrected chi connectivity index (χ4v) is 0.942. The van der Waals surface area contributed by atoms with Crippen LogP contribution in [0.25, 0.3) is 0 Å². The first kappa shape index (κ1) is 11.0. The molecule has 0 saturated heterocycles. The molecule has 4 N–H and O–H groups in total. The van der Waals surface area contributed by atoms with Crippen molar-refractivity contribution in [2.75, 3.05) is 6.54 Å². The van der Waals surface area contributed by atoms with E-state index < -0.39 is 6.09 Å². The van der Waals surface area contributed by atoms with Gasteiger partial charge in [-0.25, -0.2) is 4.79 Å². The molecule has 1 aromatic rings. The molecule has 0 atom stereocenters. The molecule has 0 aromatic heterocycles. The van der Waals surface area contributed by atoms with Gasteiger partial charge >= 0.3 is 6.09 Å². The van der Waals surface area contributed by atoms with Crippen molar-refractivity contribution in [3.63, 3.8) is 0 Å². The summed E-state index contributed by atoms with van der Waals surface area (Å²) in [5, 5.41) is 9.23. The third-order valence-corrected chi connectivity index (χ3v) is 1.64. The van der Waals surface area contributed by atoms with Crippen molar-refractivity contribution in [1.82, 2.24) is 5.32 Å². The average Bonchev–Trinajstić information content (AvgIpc) is 2.25. The number of benzene rings is 1. The van der Waals surface area contributed by atoms with Crippen molar-refractivity contribution in [3.05, 3.63) is 35.9 Å². The van der Waals surface area contributed by atoms with Crippen LogP contribution in [-0.4, -0.2) is 18.5 Å². The van der Waals surface area contributed by atoms with Crippen LogP contribution in [0.4, 0.5) is 4.79 Å². The standard InChI is InChI=1S/C10H13N3O2/c11-9(12)6-13-10(14)15-7-8-4-2-1-3-5-8/h1-5H,6-7H2,(H3,11,12)(H,13,14). The SMILES string of the molecule is N=C(N)CNC(=O)OCc1ccccc1. The third kappa shape index (κ3) is 4.66. The Morgan fingerprint density at radius 3 is 2.67 bits per heavy atom. The summed E-state index contributed by atoms with van der Waals surface area (Å²) >= 11 is 0. The first-order chi connectivity index (χ1) is 7.18. The zero-order valence-electron chi connectivity index (χ0n) is 8.19. The third-order valence-electron chi connectivity index (χ3n) is 1.64. The van der Waals surface area contributed by atoms with E-state index >= 15 is 0 Å². The van der Waals surface area contributed by atoms with Gasteiger partial charge in [-0.1, -0.05) is 30.3 Å². The molecule has 0 saturated carbocycles. The Labute approximate surface area is 87.7 Å². The van der Waals surface area contributed by atoms with E-state index in [9.17, 15) is 4.79 Å². The number of carbonyl (C=O) groups is 1. The van der Waals surface area contributed by atoms with E-state index in [1.165, 1.54) is 0 Å². The molecule has 0 radical (unpaired) electrons. The average molecular weight is 207 g/mol. The van der Waals surface area contributed by atoms with Gasteiger partial charge in [0.2, 0.25) is 0 Å². The molecule has 80 valence electrons. The van der Waals surface area contributed by atoms with Gasteiger partial charge in [0.15, 0.2) is 0 Å². The Kier molecular flexibility index (Phi) is 4.15. The predicted octanol–water partition coefficient (Wildman–Crippen LogP) is 0.849. The molecule has 0 fully saturated rings. The first-order valence-electron chi connectivity index (χ1n) is 4.46. The highest BCUT2D eigenvalue weighted by molar-refractivity contribution is 5.82. The van der Waals surface area contributed by atoms with E-state index in [-0.39, 0.29) is 19.0 Å². The molecule has 5 nitrogen and oxygen atoms in total. The molecule has 0 aliphatic heterocycles. The van der Waals surface area contributed by atoms with Gasteiger partial charge in [-0.05, 0) is 5.56 Å². The number of hydrogen-bond donors (Lipinski definition) is 3. The quantitative estimate of drug-likeness (QED) is 0.505. The van der Waals surface area contributed by atoms with Gasteiger partial charge in [0.25, 0.3) is 0 Å². The highest BCUT2D eigenvalue weighted by atomic mass is 16.5. The number of rotatable bonds is 4. The van der Waals surface area contributed by atoms with E-state index in [4.69, 9.17) is 15.9 Å². The second-order valence-electron chi connectivity index (χ2n) is 2.94. The minimum absolute atomic E-state index is 0.00756. The van der Waals surface area contributed by atoms with Crippen LogP contribution in [0.3, 0.4) is 0 Å². The van der Waals surface area contributed by atoms with Gasteiger partial charge in [-0.2, -0.15) is 0 Å². The van der Waals surface area contributed by atoms with Gasteiger partial charge in [0, 0.05) is 0 Å². The van der Waals surface area contributed by atoms with Crippen molar-refractivity contribution in [1.29, 1.82) is 5.41 Å². The lowest BCUT2D eigenvalue weighted by Gasteiger charge is -2.05. The summed E-state index contributed by atoms with van der Waals surface area (Å²) in [6.07, 6.45) is -0.575. The molecule has 0 bridgehead atoms. The van der Waals surface area contributed by atoms with Gasteiger partial charge in [-0.15, -0.1) is 0 Å². The predicted molar refractivity (Wildman–Crippen MR) is 56.5 cm³/mol. The van der Waals surface area contributed by atoms with Crippen molar-refractivity contribution in [2.45, 2.75) is 6.61 Å². The molecule has 0 aliphatic rings. The Morgan fingerprint density at radius 2 is 2.07 bits per heavy atom. The monoisotopic (exact) mass is 207 g/mol. The number of hydrogen-bond acceptors (Lipinski definition) is 3. The molecule has 15 heavy (non-hydrogen) atoms. The molecule has 1 rings (SSSR count). The van der Waals surface area contributed by atoms with Crippen LogP contribution in [0.15, 0.2) is 30.3 Å². The maximum Gasteiger partial charge on any atom is 0.407 e. The lowest BCUT2D eigenvalue weighted by atomic mass is 10.2. The van der Waals surface area contributed by atoms with Crippen molar-refractivity contribution >= 4 is 11.9 Å². The summed E-state index contributed by atoms with van der Waals surface area (Å²) in [6.45, 7) is 0.220. The molecular formula is C10H13N3O2. The number of alkyl carbamates (subject to hydrolysis) is 1. The first-order valence-corrected chi connectivity index (χ1v) is 4.46. The van der Waals surface area contributed by atoms with Crippen LogP contribution in [0, 0.1) is 5.41 Å². The van der Waals surface area contributed by atoms with Crippen LogP contribution in [0.1, 0.15) is 5.56 Å². The Morgan fingerprint density at radius 1 is 1.40 bits per heavy atom. The van der Waals surface area contributed by atoms with Gasteiger partial charge in [0.05, 0.1) is 6.54 Å². The Bertz CT molecular complexity index is 338. The number of amidine groups is 1. The summed E-state index contributed by atoms with van der Waals surface area (Å²) in [7, 11) is 0. The maximum atomic E-state index is 11.0. The van der Waals surface area contributed by atoms with E-state index in [1.807, 2.05) is 30.3 Å². The van der Waals surface area contributed by atoms with E-state index in [0.29, 0.717) is 0 Å². The summed E-state index contributed by atoms with van der Waals surface area (Å²) in [5.41, 5.74) is 5.97. The molecular weight excluding hydrogens is 194 g/mol. The van der Waals surface area contributed by atoms with Gasteiger partial charge in [0.1, 0.15) is 12.4 Å². The summed E-state index contributed by atoms with van der Waals surface area (Å²) < 4.78 is 4.88. The van der Waals surface area contributed by atoms with Crippen molar-refractivity contribution in [3.8, 4) is 0 Å². The zero-order valence-corrected chi connectivity index (χ0v) is 8.19. The molecule has 1 aromatic carbocycles. The highest BCUT2D eigenvalue weighted by Gasteiger charge is 2.01. The lowest BCUT2D eigenvalue weighted by Crippen LogP contribution is -2.33. The normalized spacial score (nSPS) is 9.33. The molecule has 1 amide bonds. The summed E-state index contributed by atoms with van der Waals surface area (Å²) in [6, 6.07) is 9.34. The van der Waals surface area contributed by atoms with Crippen molar-refractivity contribution in [2.24, 2.45) is 5.73 Å². The smallest absolute Gasteiger partial charge is 0.407 e. The second kappa shape index (κ2) is 5.64. The van der Waals surface area contributed by atoms with E-state index in [1.54, 1.807) is 0 Å². The fraction of sp³-hybridized carbons (Fsp3) is 0.200. The molecule has 0 aliphatic carbocycles.